The second-order valence-corrected chi connectivity index (χ2v) is 7.05. The Morgan fingerprint density at radius 3 is 1.77 bits per heavy atom. The van der Waals surface area contributed by atoms with E-state index in [-0.39, 0.29) is 11.8 Å². The van der Waals surface area contributed by atoms with Crippen LogP contribution >= 0.6 is 0 Å². The summed E-state index contributed by atoms with van der Waals surface area (Å²) in [5, 5.41) is 0. The van der Waals surface area contributed by atoms with Gasteiger partial charge in [-0.3, -0.25) is 9.69 Å². The lowest BCUT2D eigenvalue weighted by Gasteiger charge is -2.26. The van der Waals surface area contributed by atoms with Crippen LogP contribution in [0.4, 0.5) is 11.4 Å². The molecular weight excluding hydrogens is 318 g/mol. The third-order valence-electron chi connectivity index (χ3n) is 5.35. The number of hydrogen-bond acceptors (Lipinski definition) is 1. The number of benzene rings is 3. The lowest BCUT2D eigenvalue weighted by atomic mass is 9.99. The van der Waals surface area contributed by atoms with Gasteiger partial charge in [-0.1, -0.05) is 73.7 Å². The molecular formula is C24H23NO. The second-order valence-electron chi connectivity index (χ2n) is 7.05. The highest BCUT2D eigenvalue weighted by Crippen LogP contribution is 2.52. The lowest BCUT2D eigenvalue weighted by molar-refractivity contribution is -0.121. The lowest BCUT2D eigenvalue weighted by Crippen LogP contribution is -2.32. The summed E-state index contributed by atoms with van der Waals surface area (Å²) in [6.45, 7) is 2.08. The molecule has 2 nitrogen and oxygen atoms in total. The minimum atomic E-state index is -0.0133. The van der Waals surface area contributed by atoms with Crippen molar-refractivity contribution in [1.82, 2.24) is 0 Å². The van der Waals surface area contributed by atoms with Gasteiger partial charge in [-0.05, 0) is 48.1 Å². The topological polar surface area (TPSA) is 20.3 Å². The van der Waals surface area contributed by atoms with Crippen LogP contribution in [0.25, 0.3) is 0 Å². The van der Waals surface area contributed by atoms with Gasteiger partial charge in [0, 0.05) is 17.3 Å². The highest BCUT2D eigenvalue weighted by molar-refractivity contribution is 6.02. The first-order chi connectivity index (χ1) is 12.8. The smallest absolute Gasteiger partial charge is 0.234 e. The van der Waals surface area contributed by atoms with Crippen molar-refractivity contribution >= 4 is 17.3 Å². The zero-order valence-corrected chi connectivity index (χ0v) is 15.0. The first-order valence-electron chi connectivity index (χ1n) is 9.24. The molecule has 1 aliphatic carbocycles. The van der Waals surface area contributed by atoms with E-state index in [0.717, 1.165) is 17.8 Å². The van der Waals surface area contributed by atoms with Gasteiger partial charge in [0.05, 0.1) is 0 Å². The molecule has 2 heteroatoms. The number of rotatable bonds is 5. The van der Waals surface area contributed by atoms with Gasteiger partial charge in [0.25, 0.3) is 0 Å². The van der Waals surface area contributed by atoms with Gasteiger partial charge in [0.15, 0.2) is 0 Å². The largest absolute Gasteiger partial charge is 0.281 e. The number of nitrogens with zero attached hydrogens (tertiary/aromatic N) is 1. The molecule has 3 aromatic carbocycles. The van der Waals surface area contributed by atoms with E-state index in [2.05, 4.69) is 31.2 Å². The zero-order chi connectivity index (χ0) is 17.9. The molecule has 0 radical (unpaired) electrons. The van der Waals surface area contributed by atoms with Gasteiger partial charge in [-0.2, -0.15) is 0 Å². The summed E-state index contributed by atoms with van der Waals surface area (Å²) in [4.78, 5) is 15.3. The van der Waals surface area contributed by atoms with E-state index in [4.69, 9.17) is 0 Å². The van der Waals surface area contributed by atoms with Crippen LogP contribution in [0.5, 0.6) is 0 Å². The summed E-state index contributed by atoms with van der Waals surface area (Å²) in [5.74, 6) is 1.08. The fourth-order valence-electron chi connectivity index (χ4n) is 3.80. The van der Waals surface area contributed by atoms with Gasteiger partial charge < -0.3 is 0 Å². The van der Waals surface area contributed by atoms with Crippen LogP contribution < -0.4 is 4.90 Å². The molecule has 4 rings (SSSR count). The van der Waals surface area contributed by atoms with E-state index in [0.29, 0.717) is 11.8 Å². The highest BCUT2D eigenvalue weighted by atomic mass is 16.2. The molecule has 0 N–H and O–H groups in total. The maximum absolute atomic E-state index is 13.4. The van der Waals surface area contributed by atoms with Crippen LogP contribution in [-0.2, 0) is 4.79 Å². The van der Waals surface area contributed by atoms with Crippen molar-refractivity contribution in [2.45, 2.75) is 19.3 Å². The number of carbonyl (C=O) groups is 1. The Bertz CT molecular complexity index is 821. The Balaban J connectivity index is 1.59. The average molecular weight is 341 g/mol. The molecule has 1 aliphatic rings. The highest BCUT2D eigenvalue weighted by Gasteiger charge is 2.45. The standard InChI is InChI=1S/C24H23NO/c1-18(22-17-23(22)19-11-5-2-6-12-19)24(26)25(20-13-7-3-8-14-20)21-15-9-4-10-16-21/h2-16,18,22-23H,17H2,1H3/t18-,22-,23-/m0/s1. The predicted molar refractivity (Wildman–Crippen MR) is 106 cm³/mol. The first-order valence-corrected chi connectivity index (χ1v) is 9.24. The van der Waals surface area contributed by atoms with Crippen LogP contribution in [0.1, 0.15) is 24.8 Å². The van der Waals surface area contributed by atoms with Crippen molar-refractivity contribution in [1.29, 1.82) is 0 Å². The van der Waals surface area contributed by atoms with Crippen LogP contribution in [-0.4, -0.2) is 5.91 Å². The average Bonchev–Trinajstić information content (AvgIpc) is 3.51. The van der Waals surface area contributed by atoms with E-state index >= 15 is 0 Å². The molecule has 0 aliphatic heterocycles. The van der Waals surface area contributed by atoms with E-state index in [1.807, 2.05) is 71.6 Å². The molecule has 130 valence electrons. The molecule has 3 atom stereocenters. The summed E-state index contributed by atoms with van der Waals surface area (Å²) in [6.07, 6.45) is 1.09. The van der Waals surface area contributed by atoms with Crippen LogP contribution in [0, 0.1) is 11.8 Å². The number of anilines is 2. The molecule has 1 fully saturated rings. The van der Waals surface area contributed by atoms with Crippen molar-refractivity contribution in [3.63, 3.8) is 0 Å². The fraction of sp³-hybridized carbons (Fsp3) is 0.208. The Morgan fingerprint density at radius 2 is 1.27 bits per heavy atom. The van der Waals surface area contributed by atoms with E-state index in [9.17, 15) is 4.79 Å². The second kappa shape index (κ2) is 7.17. The molecule has 26 heavy (non-hydrogen) atoms. The minimum Gasteiger partial charge on any atom is -0.281 e. The van der Waals surface area contributed by atoms with Gasteiger partial charge >= 0.3 is 0 Å². The molecule has 0 heterocycles. The minimum absolute atomic E-state index is 0.0133. The summed E-state index contributed by atoms with van der Waals surface area (Å²) >= 11 is 0. The number of para-hydroxylation sites is 2. The van der Waals surface area contributed by atoms with Gasteiger partial charge in [-0.25, -0.2) is 0 Å². The Kier molecular flexibility index (Phi) is 4.57. The van der Waals surface area contributed by atoms with Crippen molar-refractivity contribution in [2.24, 2.45) is 11.8 Å². The summed E-state index contributed by atoms with van der Waals surface area (Å²) < 4.78 is 0. The van der Waals surface area contributed by atoms with E-state index in [1.54, 1.807) is 0 Å². The predicted octanol–water partition coefficient (Wildman–Crippen LogP) is 5.79. The monoisotopic (exact) mass is 341 g/mol. The maximum atomic E-state index is 13.4. The molecule has 0 unspecified atom stereocenters. The molecule has 3 aromatic rings. The van der Waals surface area contributed by atoms with Crippen LogP contribution in [0.2, 0.25) is 0 Å². The zero-order valence-electron chi connectivity index (χ0n) is 15.0. The van der Waals surface area contributed by atoms with Gasteiger partial charge in [0.1, 0.15) is 0 Å². The molecule has 1 amide bonds. The third-order valence-corrected chi connectivity index (χ3v) is 5.35. The molecule has 0 bridgehead atoms. The maximum Gasteiger partial charge on any atom is 0.234 e. The Hall–Kier alpha value is -2.87. The molecule has 1 saturated carbocycles. The molecule has 0 aromatic heterocycles. The van der Waals surface area contributed by atoms with E-state index < -0.39 is 0 Å². The van der Waals surface area contributed by atoms with Gasteiger partial charge in [0.2, 0.25) is 5.91 Å². The Morgan fingerprint density at radius 1 is 0.808 bits per heavy atom. The van der Waals surface area contributed by atoms with Gasteiger partial charge in [-0.15, -0.1) is 0 Å². The van der Waals surface area contributed by atoms with Crippen molar-refractivity contribution in [3.05, 3.63) is 96.6 Å². The fourth-order valence-corrected chi connectivity index (χ4v) is 3.80. The number of hydrogen-bond donors (Lipinski definition) is 0. The first kappa shape index (κ1) is 16.6. The normalized spacial score (nSPS) is 19.6. The summed E-state index contributed by atoms with van der Waals surface area (Å²) in [7, 11) is 0. The Labute approximate surface area is 155 Å². The number of amides is 1. The van der Waals surface area contributed by atoms with Crippen molar-refractivity contribution in [3.8, 4) is 0 Å². The van der Waals surface area contributed by atoms with Crippen LogP contribution in [0.3, 0.4) is 0 Å². The van der Waals surface area contributed by atoms with Crippen LogP contribution in [0.15, 0.2) is 91.0 Å². The number of carbonyl (C=O) groups excluding carboxylic acids is 1. The van der Waals surface area contributed by atoms with Crippen molar-refractivity contribution < 1.29 is 4.79 Å². The molecule has 0 saturated heterocycles. The summed E-state index contributed by atoms with van der Waals surface area (Å²) in [5.41, 5.74) is 3.20. The third kappa shape index (κ3) is 3.28. The van der Waals surface area contributed by atoms with Crippen molar-refractivity contribution in [2.75, 3.05) is 4.90 Å². The van der Waals surface area contributed by atoms with E-state index in [1.165, 1.54) is 5.56 Å². The summed E-state index contributed by atoms with van der Waals surface area (Å²) in [6, 6.07) is 30.4. The SMILES string of the molecule is C[C@H](C(=O)N(c1ccccc1)c1ccccc1)[C@@H]1C[C@H]1c1ccccc1. The molecule has 0 spiro atoms. The quantitative estimate of drug-likeness (QED) is 0.575.